The lowest BCUT2D eigenvalue weighted by Gasteiger charge is -2.13. The number of hydrogen-bond donors (Lipinski definition) is 1. The Morgan fingerprint density at radius 2 is 2.00 bits per heavy atom. The van der Waals surface area contributed by atoms with E-state index >= 15 is 0 Å². The van der Waals surface area contributed by atoms with Gasteiger partial charge in [-0.2, -0.15) is 0 Å². The summed E-state index contributed by atoms with van der Waals surface area (Å²) < 4.78 is 19.1. The van der Waals surface area contributed by atoms with Gasteiger partial charge in [0, 0.05) is 5.02 Å². The minimum absolute atomic E-state index is 0.0788. The maximum Gasteiger partial charge on any atom is 0.262 e. The van der Waals surface area contributed by atoms with Crippen molar-refractivity contribution in [1.29, 1.82) is 0 Å². The number of carbonyl (C=O) groups excluding carboxylic acids is 1. The van der Waals surface area contributed by atoms with Crippen molar-refractivity contribution in [3.63, 3.8) is 0 Å². The third-order valence-corrected chi connectivity index (χ3v) is 3.34. The first-order valence-electron chi connectivity index (χ1n) is 6.94. The second-order valence-electron chi connectivity index (χ2n) is 5.15. The monoisotopic (exact) mass is 321 g/mol. The van der Waals surface area contributed by atoms with Gasteiger partial charge in [-0.25, -0.2) is 4.39 Å². The SMILES string of the molecule is CC(C)c1ccccc1OCC(=O)Nc1ccc(Cl)cc1F. The summed E-state index contributed by atoms with van der Waals surface area (Å²) in [5, 5.41) is 2.73. The van der Waals surface area contributed by atoms with Crippen LogP contribution in [0, 0.1) is 5.82 Å². The molecule has 0 bridgehead atoms. The fourth-order valence-corrected chi connectivity index (χ4v) is 2.17. The Bertz CT molecular complexity index is 673. The number of anilines is 1. The Kier molecular flexibility index (Phi) is 5.39. The van der Waals surface area contributed by atoms with E-state index in [1.807, 2.05) is 38.1 Å². The van der Waals surface area contributed by atoms with E-state index in [0.29, 0.717) is 5.75 Å². The molecule has 1 amide bonds. The van der Waals surface area contributed by atoms with Crippen LogP contribution in [-0.2, 0) is 4.79 Å². The van der Waals surface area contributed by atoms with E-state index in [1.54, 1.807) is 0 Å². The van der Waals surface area contributed by atoms with Crippen LogP contribution in [0.15, 0.2) is 42.5 Å². The molecule has 2 rings (SSSR count). The molecule has 0 aliphatic carbocycles. The van der Waals surface area contributed by atoms with E-state index in [2.05, 4.69) is 5.32 Å². The van der Waals surface area contributed by atoms with Gasteiger partial charge in [0.25, 0.3) is 5.91 Å². The average molecular weight is 322 g/mol. The molecule has 5 heteroatoms. The van der Waals surface area contributed by atoms with E-state index in [9.17, 15) is 9.18 Å². The molecule has 0 heterocycles. The van der Waals surface area contributed by atoms with Crippen LogP contribution in [0.3, 0.4) is 0 Å². The van der Waals surface area contributed by atoms with Crippen molar-refractivity contribution in [3.8, 4) is 5.75 Å². The fraction of sp³-hybridized carbons (Fsp3) is 0.235. The summed E-state index contributed by atoms with van der Waals surface area (Å²) in [4.78, 5) is 11.9. The number of rotatable bonds is 5. The quantitative estimate of drug-likeness (QED) is 0.872. The Morgan fingerprint density at radius 1 is 1.27 bits per heavy atom. The molecule has 0 aromatic heterocycles. The third-order valence-electron chi connectivity index (χ3n) is 3.11. The normalized spacial score (nSPS) is 10.6. The van der Waals surface area contributed by atoms with E-state index in [4.69, 9.17) is 16.3 Å². The topological polar surface area (TPSA) is 38.3 Å². The van der Waals surface area contributed by atoms with Crippen molar-refractivity contribution < 1.29 is 13.9 Å². The number of halogens is 2. The summed E-state index contributed by atoms with van der Waals surface area (Å²) in [5.41, 5.74) is 1.10. The lowest BCUT2D eigenvalue weighted by Crippen LogP contribution is -2.21. The standard InChI is InChI=1S/C17H17ClFNO2/c1-11(2)13-5-3-4-6-16(13)22-10-17(21)20-15-8-7-12(18)9-14(15)19/h3-9,11H,10H2,1-2H3,(H,20,21). The van der Waals surface area contributed by atoms with Crippen molar-refractivity contribution >= 4 is 23.2 Å². The molecule has 0 aliphatic heterocycles. The zero-order chi connectivity index (χ0) is 16.1. The molecule has 2 aromatic rings. The number of benzene rings is 2. The van der Waals surface area contributed by atoms with Crippen molar-refractivity contribution in [1.82, 2.24) is 0 Å². The summed E-state index contributed by atoms with van der Waals surface area (Å²) in [5.74, 6) is -0.0691. The van der Waals surface area contributed by atoms with Crippen molar-refractivity contribution in [2.45, 2.75) is 19.8 Å². The van der Waals surface area contributed by atoms with Crippen molar-refractivity contribution in [3.05, 3.63) is 58.9 Å². The smallest absolute Gasteiger partial charge is 0.262 e. The molecule has 0 atom stereocenters. The minimum Gasteiger partial charge on any atom is -0.483 e. The van der Waals surface area contributed by atoms with Gasteiger partial charge in [-0.1, -0.05) is 43.6 Å². The van der Waals surface area contributed by atoms with Gasteiger partial charge in [-0.15, -0.1) is 0 Å². The molecule has 0 radical (unpaired) electrons. The van der Waals surface area contributed by atoms with Crippen LogP contribution in [0.2, 0.25) is 5.02 Å². The van der Waals surface area contributed by atoms with Crippen LogP contribution in [0.5, 0.6) is 5.75 Å². The highest BCUT2D eigenvalue weighted by Gasteiger charge is 2.11. The van der Waals surface area contributed by atoms with E-state index in [0.717, 1.165) is 11.6 Å². The first kappa shape index (κ1) is 16.3. The molecular formula is C17H17ClFNO2. The largest absolute Gasteiger partial charge is 0.483 e. The highest BCUT2D eigenvalue weighted by molar-refractivity contribution is 6.30. The van der Waals surface area contributed by atoms with Crippen LogP contribution in [-0.4, -0.2) is 12.5 Å². The maximum atomic E-state index is 13.6. The summed E-state index contributed by atoms with van der Waals surface area (Å²) in [7, 11) is 0. The van der Waals surface area contributed by atoms with Crippen LogP contribution in [0.1, 0.15) is 25.3 Å². The molecule has 2 aromatic carbocycles. The molecule has 0 fully saturated rings. The second-order valence-corrected chi connectivity index (χ2v) is 5.59. The number of amides is 1. The van der Waals surface area contributed by atoms with Gasteiger partial charge >= 0.3 is 0 Å². The number of nitrogens with one attached hydrogen (secondary N) is 1. The minimum atomic E-state index is -0.580. The second kappa shape index (κ2) is 7.27. The first-order valence-corrected chi connectivity index (χ1v) is 7.32. The van der Waals surface area contributed by atoms with Gasteiger partial charge in [0.15, 0.2) is 6.61 Å². The van der Waals surface area contributed by atoms with Gasteiger partial charge < -0.3 is 10.1 Å². The molecule has 0 saturated heterocycles. The molecule has 0 aliphatic rings. The van der Waals surface area contributed by atoms with Crippen LogP contribution in [0.4, 0.5) is 10.1 Å². The molecule has 1 N–H and O–H groups in total. The predicted molar refractivity (Wildman–Crippen MR) is 86.1 cm³/mol. The summed E-state index contributed by atoms with van der Waals surface area (Å²) in [6.07, 6.45) is 0. The number of ether oxygens (including phenoxy) is 1. The fourth-order valence-electron chi connectivity index (χ4n) is 2.01. The summed E-state index contributed by atoms with van der Waals surface area (Å²) in [6.45, 7) is 3.91. The van der Waals surface area contributed by atoms with E-state index in [1.165, 1.54) is 12.1 Å². The van der Waals surface area contributed by atoms with Gasteiger partial charge in [-0.05, 0) is 35.7 Å². The molecule has 0 saturated carbocycles. The molecule has 3 nitrogen and oxygen atoms in total. The Morgan fingerprint density at radius 3 is 2.68 bits per heavy atom. The first-order chi connectivity index (χ1) is 10.5. The third kappa shape index (κ3) is 4.21. The summed E-state index contributed by atoms with van der Waals surface area (Å²) >= 11 is 5.66. The van der Waals surface area contributed by atoms with Gasteiger partial charge in [-0.3, -0.25) is 4.79 Å². The number of hydrogen-bond acceptors (Lipinski definition) is 2. The molecular weight excluding hydrogens is 305 g/mol. The van der Waals surface area contributed by atoms with Gasteiger partial charge in [0.1, 0.15) is 11.6 Å². The van der Waals surface area contributed by atoms with Gasteiger partial charge in [0.2, 0.25) is 0 Å². The molecule has 0 spiro atoms. The van der Waals surface area contributed by atoms with Crippen molar-refractivity contribution in [2.75, 3.05) is 11.9 Å². The van der Waals surface area contributed by atoms with E-state index in [-0.39, 0.29) is 23.2 Å². The molecule has 0 unspecified atom stereocenters. The van der Waals surface area contributed by atoms with Crippen molar-refractivity contribution in [2.24, 2.45) is 0 Å². The maximum absolute atomic E-state index is 13.6. The highest BCUT2D eigenvalue weighted by Crippen LogP contribution is 2.26. The number of carbonyl (C=O) groups is 1. The highest BCUT2D eigenvalue weighted by atomic mass is 35.5. The Hall–Kier alpha value is -2.07. The number of para-hydroxylation sites is 1. The molecule has 116 valence electrons. The zero-order valence-electron chi connectivity index (χ0n) is 12.4. The summed E-state index contributed by atoms with van der Waals surface area (Å²) in [6, 6.07) is 11.6. The van der Waals surface area contributed by atoms with Crippen LogP contribution in [0.25, 0.3) is 0 Å². The van der Waals surface area contributed by atoms with Crippen LogP contribution < -0.4 is 10.1 Å². The predicted octanol–water partition coefficient (Wildman–Crippen LogP) is 4.62. The van der Waals surface area contributed by atoms with E-state index < -0.39 is 11.7 Å². The Balaban J connectivity index is 1.99. The molecule has 22 heavy (non-hydrogen) atoms. The average Bonchev–Trinajstić information content (AvgIpc) is 2.48. The zero-order valence-corrected chi connectivity index (χ0v) is 13.2. The van der Waals surface area contributed by atoms with Gasteiger partial charge in [0.05, 0.1) is 5.69 Å². The lowest BCUT2D eigenvalue weighted by molar-refractivity contribution is -0.118. The van der Waals surface area contributed by atoms with Crippen LogP contribution >= 0.6 is 11.6 Å². The lowest BCUT2D eigenvalue weighted by atomic mass is 10.0. The Labute approximate surface area is 134 Å².